The summed E-state index contributed by atoms with van der Waals surface area (Å²) in [5.41, 5.74) is 0.677. The summed E-state index contributed by atoms with van der Waals surface area (Å²) in [4.78, 5) is 88.6. The number of ether oxygens (including phenoxy) is 2. The molecule has 3 fully saturated rings. The Hall–Kier alpha value is -5.56. The molecule has 0 radical (unpaired) electrons. The Morgan fingerprint density at radius 2 is 1.54 bits per heavy atom. The number of nitro groups is 2. The van der Waals surface area contributed by atoms with Gasteiger partial charge in [-0.3, -0.25) is 35.1 Å². The molecule has 0 bridgehead atoms. The van der Waals surface area contributed by atoms with Gasteiger partial charge in [0.1, 0.15) is 25.0 Å². The monoisotopic (exact) mass is 710 g/mol. The molecule has 0 aliphatic carbocycles. The average Bonchev–Trinajstić information content (AvgIpc) is 3.75. The van der Waals surface area contributed by atoms with Gasteiger partial charge in [-0.05, 0) is 48.7 Å². The number of fused-ring (bicyclic) bond motifs is 1. The Morgan fingerprint density at radius 3 is 2.06 bits per heavy atom. The van der Waals surface area contributed by atoms with Crippen molar-refractivity contribution < 1.29 is 48.4 Å². The molecule has 0 saturated carbocycles. The quantitative estimate of drug-likeness (QED) is 0.0996. The van der Waals surface area contributed by atoms with E-state index in [0.29, 0.717) is 16.0 Å². The summed E-state index contributed by atoms with van der Waals surface area (Å²) in [6.45, 7) is 1.05. The molecule has 5 amide bonds. The smallest absolute Gasteiger partial charge is 0.410 e. The van der Waals surface area contributed by atoms with Crippen molar-refractivity contribution in [2.24, 2.45) is 5.92 Å². The van der Waals surface area contributed by atoms with Crippen LogP contribution < -0.4 is 10.6 Å². The van der Waals surface area contributed by atoms with Crippen LogP contribution in [0.4, 0.5) is 21.0 Å². The van der Waals surface area contributed by atoms with E-state index in [0.717, 1.165) is 0 Å². The molecule has 0 aromatic heterocycles. The standard InChI is InChI=1S/C31H30N6O12S/c1-15(38)24-21-11-23(26(35(21)28(24)40)29(41)48-13-16-2-6-18(7-3-16)36(44)45)50-20-10-22(25-27(39)33-30(42)32-25)34(12-20)31(43)49-14-17-4-8-19(9-5-17)37(46)47/h2-9,15,20-22,24-25,38H,10-14H2,1H3,(H2,32,33,39,42)/t15-,20+,21-,22+,24-,25?/m1/s1. The van der Waals surface area contributed by atoms with Gasteiger partial charge in [0.05, 0.1) is 34.0 Å². The van der Waals surface area contributed by atoms with E-state index in [1.54, 1.807) is 0 Å². The van der Waals surface area contributed by atoms with Gasteiger partial charge >= 0.3 is 18.1 Å². The van der Waals surface area contributed by atoms with E-state index in [4.69, 9.17) is 9.47 Å². The number of β-lactam (4-membered cyclic amide) rings is 1. The highest BCUT2D eigenvalue weighted by Gasteiger charge is 2.58. The number of non-ortho nitro benzene ring substituents is 2. The van der Waals surface area contributed by atoms with Crippen molar-refractivity contribution in [2.75, 3.05) is 6.54 Å². The first-order valence-electron chi connectivity index (χ1n) is 15.4. The van der Waals surface area contributed by atoms with Crippen LogP contribution >= 0.6 is 11.8 Å². The van der Waals surface area contributed by atoms with Crippen LogP contribution in [0.2, 0.25) is 0 Å². The number of carbonyl (C=O) groups excluding carboxylic acids is 5. The van der Waals surface area contributed by atoms with Gasteiger partial charge in [0.15, 0.2) is 0 Å². The van der Waals surface area contributed by atoms with Crippen molar-refractivity contribution in [3.05, 3.63) is 90.5 Å². The van der Waals surface area contributed by atoms with Crippen LogP contribution in [-0.4, -0.2) is 90.7 Å². The zero-order valence-corrected chi connectivity index (χ0v) is 27.1. The average molecular weight is 711 g/mol. The number of benzene rings is 2. The third-order valence-corrected chi connectivity index (χ3v) is 10.3. The third-order valence-electron chi connectivity index (χ3n) is 8.95. The normalized spacial score (nSPS) is 24.7. The maximum absolute atomic E-state index is 13.5. The van der Waals surface area contributed by atoms with Crippen LogP contribution in [0.1, 0.15) is 30.9 Å². The van der Waals surface area contributed by atoms with Crippen LogP contribution in [0.15, 0.2) is 59.1 Å². The number of nitro benzene ring substituents is 2. The second-order valence-corrected chi connectivity index (χ2v) is 13.5. The first-order chi connectivity index (χ1) is 23.8. The molecule has 3 saturated heterocycles. The minimum atomic E-state index is -1.09. The first kappa shape index (κ1) is 34.3. The molecule has 2 aromatic carbocycles. The van der Waals surface area contributed by atoms with E-state index in [1.807, 2.05) is 0 Å². The lowest BCUT2D eigenvalue weighted by atomic mass is 9.83. The number of aliphatic hydroxyl groups excluding tert-OH is 1. The number of esters is 1. The minimum absolute atomic E-state index is 0.00790. The van der Waals surface area contributed by atoms with Crippen molar-refractivity contribution in [3.8, 4) is 0 Å². The topological polar surface area (TPSA) is 241 Å². The number of nitrogens with one attached hydrogen (secondary N) is 2. The molecule has 4 aliphatic heterocycles. The van der Waals surface area contributed by atoms with Crippen LogP contribution in [0, 0.1) is 26.1 Å². The van der Waals surface area contributed by atoms with Crippen molar-refractivity contribution in [1.82, 2.24) is 20.4 Å². The second-order valence-electron chi connectivity index (χ2n) is 12.1. The van der Waals surface area contributed by atoms with E-state index >= 15 is 0 Å². The van der Waals surface area contributed by atoms with Crippen molar-refractivity contribution in [1.29, 1.82) is 0 Å². The van der Waals surface area contributed by atoms with Crippen molar-refractivity contribution >= 4 is 53.0 Å². The summed E-state index contributed by atoms with van der Waals surface area (Å²) in [7, 11) is 0. The van der Waals surface area contributed by atoms with Gasteiger partial charge in [-0.25, -0.2) is 14.4 Å². The molecule has 19 heteroatoms. The largest absolute Gasteiger partial charge is 0.456 e. The van der Waals surface area contributed by atoms with Crippen molar-refractivity contribution in [2.45, 2.75) is 62.5 Å². The maximum Gasteiger partial charge on any atom is 0.410 e. The summed E-state index contributed by atoms with van der Waals surface area (Å²) in [6, 6.07) is 7.68. The third kappa shape index (κ3) is 6.68. The second kappa shape index (κ2) is 13.7. The zero-order chi connectivity index (χ0) is 35.9. The summed E-state index contributed by atoms with van der Waals surface area (Å²) >= 11 is 1.22. The van der Waals surface area contributed by atoms with Gasteiger partial charge in [-0.1, -0.05) is 0 Å². The van der Waals surface area contributed by atoms with E-state index < -0.39 is 75.2 Å². The van der Waals surface area contributed by atoms with Crippen molar-refractivity contribution in [3.63, 3.8) is 0 Å². The number of likely N-dealkylation sites (tertiary alicyclic amines) is 1. The Bertz CT molecular complexity index is 1800. The van der Waals surface area contributed by atoms with E-state index in [9.17, 15) is 49.3 Å². The number of urea groups is 1. The summed E-state index contributed by atoms with van der Waals surface area (Å²) in [5.74, 6) is -2.65. The van der Waals surface area contributed by atoms with Gasteiger partial charge in [0, 0.05) is 47.4 Å². The fraction of sp³-hybridized carbons (Fsp3) is 0.387. The lowest BCUT2D eigenvalue weighted by Crippen LogP contribution is -2.61. The molecule has 4 heterocycles. The maximum atomic E-state index is 13.5. The lowest BCUT2D eigenvalue weighted by molar-refractivity contribution is -0.385. The summed E-state index contributed by atoms with van der Waals surface area (Å²) < 4.78 is 11.0. The highest BCUT2D eigenvalue weighted by Crippen LogP contribution is 2.49. The predicted molar refractivity (Wildman–Crippen MR) is 171 cm³/mol. The number of imide groups is 1. The molecule has 3 N–H and O–H groups in total. The van der Waals surface area contributed by atoms with E-state index in [-0.39, 0.29) is 49.7 Å². The Balaban J connectivity index is 1.20. The Kier molecular flexibility index (Phi) is 9.43. The highest BCUT2D eigenvalue weighted by atomic mass is 32.2. The molecule has 0 spiro atoms. The van der Waals surface area contributed by atoms with Crippen LogP contribution in [0.25, 0.3) is 0 Å². The van der Waals surface area contributed by atoms with Gasteiger partial charge in [-0.2, -0.15) is 0 Å². The van der Waals surface area contributed by atoms with Gasteiger partial charge in [0.25, 0.3) is 17.3 Å². The first-order valence-corrected chi connectivity index (χ1v) is 16.3. The number of rotatable bonds is 11. The molecular formula is C31H30N6O12S. The SMILES string of the molecule is C[C@@H](O)[C@H]1C(=O)N2C(C(=O)OCc3ccc([N+](=O)[O-])cc3)=C(S[C@H]3C[C@@H](C4NC(=O)NC4=O)N(C(=O)OCc4ccc([N+](=O)[O-])cc4)C3)C[C@H]12. The molecule has 1 unspecified atom stereocenters. The number of aliphatic hydroxyl groups is 1. The lowest BCUT2D eigenvalue weighted by Gasteiger charge is -2.44. The fourth-order valence-electron chi connectivity index (χ4n) is 6.54. The molecule has 262 valence electrons. The fourth-order valence-corrected chi connectivity index (χ4v) is 8.03. The Morgan fingerprint density at radius 1 is 0.960 bits per heavy atom. The molecular weight excluding hydrogens is 680 g/mol. The van der Waals surface area contributed by atoms with Crippen LogP contribution in [0.3, 0.4) is 0 Å². The van der Waals surface area contributed by atoms with Gasteiger partial charge in [0.2, 0.25) is 5.91 Å². The van der Waals surface area contributed by atoms with Gasteiger partial charge < -0.3 is 29.7 Å². The van der Waals surface area contributed by atoms with E-state index in [2.05, 4.69) is 10.6 Å². The zero-order valence-electron chi connectivity index (χ0n) is 26.3. The molecule has 50 heavy (non-hydrogen) atoms. The molecule has 18 nitrogen and oxygen atoms in total. The number of thioether (sulfide) groups is 1. The van der Waals surface area contributed by atoms with Crippen LogP contribution in [-0.2, 0) is 37.1 Å². The van der Waals surface area contributed by atoms with Gasteiger partial charge in [-0.15, -0.1) is 11.8 Å². The predicted octanol–water partition coefficient (Wildman–Crippen LogP) is 2.09. The van der Waals surface area contributed by atoms with E-state index in [1.165, 1.54) is 77.0 Å². The molecule has 6 atom stereocenters. The highest BCUT2D eigenvalue weighted by molar-refractivity contribution is 8.03. The molecule has 4 aliphatic rings. The number of amides is 5. The molecule has 6 rings (SSSR count). The number of hydrogen-bond donors (Lipinski definition) is 3. The minimum Gasteiger partial charge on any atom is -0.456 e. The molecule has 2 aromatic rings. The number of hydrogen-bond acceptors (Lipinski definition) is 13. The summed E-state index contributed by atoms with van der Waals surface area (Å²) in [6.07, 6.45) is -1.38. The van der Waals surface area contributed by atoms with Crippen LogP contribution in [0.5, 0.6) is 0 Å². The number of carbonyl (C=O) groups is 5. The Labute approximate surface area is 287 Å². The summed E-state index contributed by atoms with van der Waals surface area (Å²) in [5, 5.41) is 36.5. The number of nitrogens with zero attached hydrogens (tertiary/aromatic N) is 4.